The number of hydrogen-bond donors (Lipinski definition) is 1. The molecular weight excluding hydrogens is 340 g/mol. The van der Waals surface area contributed by atoms with E-state index in [1.807, 2.05) is 36.4 Å². The van der Waals surface area contributed by atoms with Crippen molar-refractivity contribution in [2.75, 3.05) is 5.32 Å². The number of hydrogen-bond acceptors (Lipinski definition) is 4. The van der Waals surface area contributed by atoms with Crippen LogP contribution in [0.3, 0.4) is 0 Å². The Bertz CT molecular complexity index is 1040. The lowest BCUT2D eigenvalue weighted by Gasteiger charge is -2.08. The summed E-state index contributed by atoms with van der Waals surface area (Å²) in [6.45, 7) is 0.340. The number of nitrogens with one attached hydrogen (secondary N) is 1. The first-order valence-electron chi connectivity index (χ1n) is 8.60. The van der Waals surface area contributed by atoms with Crippen molar-refractivity contribution in [3.8, 4) is 17.3 Å². The average molecular weight is 358 g/mol. The van der Waals surface area contributed by atoms with Gasteiger partial charge < -0.3 is 5.32 Å². The van der Waals surface area contributed by atoms with E-state index in [1.54, 1.807) is 30.3 Å². The molecule has 3 rings (SSSR count). The standard InChI is InChI=1S/C21H18N4O2/c22-15-17-9-4-5-10-18(17)23-20(26)11-6-14-25-21(27)13-12-19(24-25)16-7-2-1-3-8-16/h1-5,7-10,12-13H,6,11,14H2,(H,23,26). The number of carbonyl (C=O) groups is 1. The lowest BCUT2D eigenvalue weighted by atomic mass is 10.1. The summed E-state index contributed by atoms with van der Waals surface area (Å²) < 4.78 is 1.37. The van der Waals surface area contributed by atoms with Crippen LogP contribution < -0.4 is 10.9 Å². The Morgan fingerprint density at radius 3 is 2.56 bits per heavy atom. The van der Waals surface area contributed by atoms with Gasteiger partial charge in [-0.25, -0.2) is 4.68 Å². The van der Waals surface area contributed by atoms with Gasteiger partial charge in [0.15, 0.2) is 0 Å². The zero-order valence-corrected chi connectivity index (χ0v) is 14.6. The van der Waals surface area contributed by atoms with Crippen LogP contribution >= 0.6 is 0 Å². The number of aryl methyl sites for hydroxylation is 1. The van der Waals surface area contributed by atoms with Crippen molar-refractivity contribution >= 4 is 11.6 Å². The summed E-state index contributed by atoms with van der Waals surface area (Å²) in [6, 6.07) is 21.7. The fourth-order valence-corrected chi connectivity index (χ4v) is 2.66. The molecule has 27 heavy (non-hydrogen) atoms. The van der Waals surface area contributed by atoms with Gasteiger partial charge in [-0.2, -0.15) is 10.4 Å². The summed E-state index contributed by atoms with van der Waals surface area (Å²) in [6.07, 6.45) is 0.690. The van der Waals surface area contributed by atoms with Crippen molar-refractivity contribution < 1.29 is 4.79 Å². The molecule has 1 heterocycles. The summed E-state index contributed by atoms with van der Waals surface area (Å²) in [7, 11) is 0. The fraction of sp³-hybridized carbons (Fsp3) is 0.143. The second-order valence-corrected chi connectivity index (χ2v) is 5.96. The quantitative estimate of drug-likeness (QED) is 0.733. The maximum absolute atomic E-state index is 12.1. The lowest BCUT2D eigenvalue weighted by Crippen LogP contribution is -2.23. The molecule has 3 aromatic rings. The first-order valence-corrected chi connectivity index (χ1v) is 8.60. The smallest absolute Gasteiger partial charge is 0.266 e. The predicted octanol–water partition coefficient (Wildman–Crippen LogP) is 3.20. The third-order valence-corrected chi connectivity index (χ3v) is 4.03. The molecule has 0 unspecified atom stereocenters. The van der Waals surface area contributed by atoms with Gasteiger partial charge >= 0.3 is 0 Å². The number of nitriles is 1. The van der Waals surface area contributed by atoms with Gasteiger partial charge in [0.1, 0.15) is 6.07 Å². The highest BCUT2D eigenvalue weighted by molar-refractivity contribution is 5.92. The number of nitrogens with zero attached hydrogens (tertiary/aromatic N) is 3. The minimum Gasteiger partial charge on any atom is -0.325 e. The Labute approximate surface area is 156 Å². The van der Waals surface area contributed by atoms with E-state index in [1.165, 1.54) is 10.7 Å². The molecule has 0 saturated carbocycles. The third-order valence-electron chi connectivity index (χ3n) is 4.03. The molecule has 1 amide bonds. The van der Waals surface area contributed by atoms with E-state index < -0.39 is 0 Å². The van der Waals surface area contributed by atoms with Crippen molar-refractivity contribution in [2.45, 2.75) is 19.4 Å². The Morgan fingerprint density at radius 1 is 1.04 bits per heavy atom. The summed E-state index contributed by atoms with van der Waals surface area (Å²) in [5.41, 5.74) is 2.34. The summed E-state index contributed by atoms with van der Waals surface area (Å²) >= 11 is 0. The normalized spacial score (nSPS) is 10.2. The Kier molecular flexibility index (Phi) is 5.75. The second kappa shape index (κ2) is 8.59. The molecule has 2 aromatic carbocycles. The van der Waals surface area contributed by atoms with Crippen LogP contribution in [0.5, 0.6) is 0 Å². The molecule has 0 atom stereocenters. The van der Waals surface area contributed by atoms with Gasteiger partial charge in [0.2, 0.25) is 5.91 Å². The van der Waals surface area contributed by atoms with E-state index in [0.717, 1.165) is 5.56 Å². The van der Waals surface area contributed by atoms with Crippen molar-refractivity contribution in [1.29, 1.82) is 5.26 Å². The van der Waals surface area contributed by atoms with E-state index in [0.29, 0.717) is 29.9 Å². The van der Waals surface area contributed by atoms with Gasteiger partial charge in [0.05, 0.1) is 16.9 Å². The van der Waals surface area contributed by atoms with E-state index in [4.69, 9.17) is 5.26 Å². The SMILES string of the molecule is N#Cc1ccccc1NC(=O)CCCn1nc(-c2ccccc2)ccc1=O. The highest BCUT2D eigenvalue weighted by atomic mass is 16.1. The highest BCUT2D eigenvalue weighted by Crippen LogP contribution is 2.15. The zero-order valence-electron chi connectivity index (χ0n) is 14.6. The summed E-state index contributed by atoms with van der Waals surface area (Å²) in [5.74, 6) is -0.204. The van der Waals surface area contributed by atoms with Crippen LogP contribution in [0.1, 0.15) is 18.4 Å². The molecule has 0 radical (unpaired) electrons. The van der Waals surface area contributed by atoms with E-state index in [2.05, 4.69) is 10.4 Å². The highest BCUT2D eigenvalue weighted by Gasteiger charge is 2.08. The van der Waals surface area contributed by atoms with E-state index in [9.17, 15) is 9.59 Å². The van der Waals surface area contributed by atoms with Gasteiger partial charge in [0.25, 0.3) is 5.56 Å². The van der Waals surface area contributed by atoms with Crippen LogP contribution in [0.25, 0.3) is 11.3 Å². The number of amides is 1. The first-order chi connectivity index (χ1) is 13.2. The Morgan fingerprint density at radius 2 is 1.78 bits per heavy atom. The Balaban J connectivity index is 1.61. The van der Waals surface area contributed by atoms with Crippen LogP contribution in [0.2, 0.25) is 0 Å². The molecule has 6 heteroatoms. The van der Waals surface area contributed by atoms with Gasteiger partial charge in [-0.1, -0.05) is 42.5 Å². The number of rotatable bonds is 6. The number of aromatic nitrogens is 2. The van der Waals surface area contributed by atoms with Crippen molar-refractivity contribution in [2.24, 2.45) is 0 Å². The van der Waals surface area contributed by atoms with Crippen LogP contribution in [0.15, 0.2) is 71.5 Å². The largest absolute Gasteiger partial charge is 0.325 e. The minimum atomic E-state index is -0.204. The predicted molar refractivity (Wildman–Crippen MR) is 103 cm³/mol. The van der Waals surface area contributed by atoms with Crippen molar-refractivity contribution in [3.63, 3.8) is 0 Å². The van der Waals surface area contributed by atoms with Crippen LogP contribution in [-0.4, -0.2) is 15.7 Å². The number of carbonyl (C=O) groups excluding carboxylic acids is 1. The van der Waals surface area contributed by atoms with E-state index >= 15 is 0 Å². The van der Waals surface area contributed by atoms with E-state index in [-0.39, 0.29) is 17.9 Å². The van der Waals surface area contributed by atoms with Crippen molar-refractivity contribution in [3.05, 3.63) is 82.6 Å². The molecule has 0 bridgehead atoms. The van der Waals surface area contributed by atoms with Gasteiger partial charge in [-0.05, 0) is 24.6 Å². The number of benzene rings is 2. The molecule has 0 spiro atoms. The average Bonchev–Trinajstić information content (AvgIpc) is 2.70. The molecule has 0 saturated heterocycles. The lowest BCUT2D eigenvalue weighted by molar-refractivity contribution is -0.116. The summed E-state index contributed by atoms with van der Waals surface area (Å²) in [4.78, 5) is 24.1. The zero-order chi connectivity index (χ0) is 19.1. The molecule has 134 valence electrons. The topological polar surface area (TPSA) is 87.8 Å². The van der Waals surface area contributed by atoms with Crippen LogP contribution in [0.4, 0.5) is 5.69 Å². The number of anilines is 1. The molecule has 0 aliphatic heterocycles. The van der Waals surface area contributed by atoms with Crippen LogP contribution in [-0.2, 0) is 11.3 Å². The van der Waals surface area contributed by atoms with Crippen molar-refractivity contribution in [1.82, 2.24) is 9.78 Å². The fourth-order valence-electron chi connectivity index (χ4n) is 2.66. The van der Waals surface area contributed by atoms with Gasteiger partial charge in [0, 0.05) is 24.6 Å². The van der Waals surface area contributed by atoms with Gasteiger partial charge in [-0.3, -0.25) is 9.59 Å². The molecular formula is C21H18N4O2. The van der Waals surface area contributed by atoms with Crippen LogP contribution in [0, 0.1) is 11.3 Å². The molecule has 1 N–H and O–H groups in total. The second-order valence-electron chi connectivity index (χ2n) is 5.96. The molecule has 1 aromatic heterocycles. The maximum Gasteiger partial charge on any atom is 0.266 e. The third kappa shape index (κ3) is 4.67. The first kappa shape index (κ1) is 18.1. The number of para-hydroxylation sites is 1. The molecule has 0 aliphatic rings. The summed E-state index contributed by atoms with van der Waals surface area (Å²) in [5, 5.41) is 16.2. The van der Waals surface area contributed by atoms with Gasteiger partial charge in [-0.15, -0.1) is 0 Å². The molecule has 0 aliphatic carbocycles. The monoisotopic (exact) mass is 358 g/mol. The molecule has 6 nitrogen and oxygen atoms in total. The molecule has 0 fully saturated rings. The minimum absolute atomic E-state index is 0.204. The maximum atomic E-state index is 12.1. The Hall–Kier alpha value is -3.72.